The number of carbonyl (C=O) groups is 2. The molecule has 0 heterocycles. The van der Waals surface area contributed by atoms with Crippen molar-refractivity contribution in [1.29, 1.82) is 0 Å². The number of aromatic hydroxyl groups is 1. The average molecular weight is 443 g/mol. The van der Waals surface area contributed by atoms with Crippen LogP contribution in [0.25, 0.3) is 0 Å². The van der Waals surface area contributed by atoms with Gasteiger partial charge in [0.15, 0.2) is 0 Å². The van der Waals surface area contributed by atoms with E-state index in [4.69, 9.17) is 21.4 Å². The highest BCUT2D eigenvalue weighted by atomic mass is 35.5. The molecule has 0 aliphatic heterocycles. The number of amides is 1. The molecule has 0 aliphatic rings. The summed E-state index contributed by atoms with van der Waals surface area (Å²) < 4.78 is 32.7. The van der Waals surface area contributed by atoms with Gasteiger partial charge in [-0.15, -0.1) is 0 Å². The standard InChI is InChI=1S/C18H19ClN2O7S/c1-3-6-20-29(26,27)15-9-12(4-5-14(15)22)28-16-10(2)7-11(8-13(16)19)21-17(23)18(24)25/h4-5,7-9,20,22H,3,6H2,1-2H3,(H,21,23)(H,24,25). The predicted octanol–water partition coefficient (Wildman–Crippen LogP) is 2.86. The first-order valence-electron chi connectivity index (χ1n) is 8.40. The van der Waals surface area contributed by atoms with Crippen molar-refractivity contribution in [3.63, 3.8) is 0 Å². The quantitative estimate of drug-likeness (QED) is 0.483. The highest BCUT2D eigenvalue weighted by Gasteiger charge is 2.20. The molecule has 0 unspecified atom stereocenters. The number of benzene rings is 2. The highest BCUT2D eigenvalue weighted by Crippen LogP contribution is 2.37. The van der Waals surface area contributed by atoms with Gasteiger partial charge >= 0.3 is 11.9 Å². The average Bonchev–Trinajstić information content (AvgIpc) is 2.64. The minimum Gasteiger partial charge on any atom is -0.507 e. The van der Waals surface area contributed by atoms with Gasteiger partial charge < -0.3 is 20.3 Å². The van der Waals surface area contributed by atoms with E-state index in [2.05, 4.69) is 10.0 Å². The maximum absolute atomic E-state index is 12.3. The number of carboxylic acids is 1. The summed E-state index contributed by atoms with van der Waals surface area (Å²) in [6.45, 7) is 3.62. The Morgan fingerprint density at radius 3 is 2.48 bits per heavy atom. The van der Waals surface area contributed by atoms with Crippen LogP contribution in [0.1, 0.15) is 18.9 Å². The van der Waals surface area contributed by atoms with E-state index in [0.717, 1.165) is 6.07 Å². The molecule has 4 N–H and O–H groups in total. The van der Waals surface area contributed by atoms with Crippen molar-refractivity contribution in [2.24, 2.45) is 0 Å². The molecular formula is C18H19ClN2O7S. The Bertz CT molecular complexity index is 1030. The van der Waals surface area contributed by atoms with Crippen molar-refractivity contribution in [2.75, 3.05) is 11.9 Å². The fourth-order valence-electron chi connectivity index (χ4n) is 2.32. The van der Waals surface area contributed by atoms with Crippen LogP contribution in [0.3, 0.4) is 0 Å². The molecule has 0 atom stereocenters. The first-order valence-corrected chi connectivity index (χ1v) is 10.3. The molecular weight excluding hydrogens is 424 g/mol. The number of hydrogen-bond acceptors (Lipinski definition) is 6. The van der Waals surface area contributed by atoms with E-state index in [1.165, 1.54) is 24.3 Å². The lowest BCUT2D eigenvalue weighted by Crippen LogP contribution is -2.24. The summed E-state index contributed by atoms with van der Waals surface area (Å²) in [5, 5.41) is 20.8. The summed E-state index contributed by atoms with van der Waals surface area (Å²) in [6.07, 6.45) is 0.579. The number of aliphatic carboxylic acids is 1. The third-order valence-electron chi connectivity index (χ3n) is 3.66. The fraction of sp³-hybridized carbons (Fsp3) is 0.222. The Morgan fingerprint density at radius 1 is 1.21 bits per heavy atom. The molecule has 29 heavy (non-hydrogen) atoms. The van der Waals surface area contributed by atoms with E-state index in [1.807, 2.05) is 0 Å². The number of aryl methyl sites for hydroxylation is 1. The molecule has 2 rings (SSSR count). The summed E-state index contributed by atoms with van der Waals surface area (Å²) in [6, 6.07) is 6.45. The van der Waals surface area contributed by atoms with E-state index in [1.54, 1.807) is 13.8 Å². The fourth-order valence-corrected chi connectivity index (χ4v) is 3.87. The first kappa shape index (κ1) is 22.5. The second kappa shape index (κ2) is 9.12. The molecule has 0 saturated carbocycles. The molecule has 1 amide bonds. The summed E-state index contributed by atoms with van der Waals surface area (Å²) in [5.74, 6) is -3.02. The van der Waals surface area contributed by atoms with Crippen molar-refractivity contribution in [3.05, 3.63) is 40.9 Å². The number of sulfonamides is 1. The third kappa shape index (κ3) is 5.59. The van der Waals surface area contributed by atoms with E-state index < -0.39 is 27.6 Å². The van der Waals surface area contributed by atoms with Crippen LogP contribution in [0.4, 0.5) is 5.69 Å². The summed E-state index contributed by atoms with van der Waals surface area (Å²) >= 11 is 6.17. The van der Waals surface area contributed by atoms with Crippen molar-refractivity contribution < 1.29 is 33.0 Å². The number of carbonyl (C=O) groups excluding carboxylic acids is 1. The number of phenolic OH excluding ortho intramolecular Hbond substituents is 1. The molecule has 0 spiro atoms. The zero-order valence-electron chi connectivity index (χ0n) is 15.5. The van der Waals surface area contributed by atoms with E-state index >= 15 is 0 Å². The second-order valence-corrected chi connectivity index (χ2v) is 8.14. The summed E-state index contributed by atoms with van der Waals surface area (Å²) in [4.78, 5) is 21.6. The first-order chi connectivity index (χ1) is 13.5. The summed E-state index contributed by atoms with van der Waals surface area (Å²) in [5.41, 5.74) is 0.616. The minimum absolute atomic E-state index is 0.0623. The molecule has 11 heteroatoms. The van der Waals surface area contributed by atoms with Crippen LogP contribution in [0.2, 0.25) is 5.02 Å². The number of nitrogens with one attached hydrogen (secondary N) is 2. The van der Waals surface area contributed by atoms with Gasteiger partial charge in [0, 0.05) is 18.3 Å². The van der Waals surface area contributed by atoms with Crippen LogP contribution in [0.15, 0.2) is 35.2 Å². The Hall–Kier alpha value is -2.82. The van der Waals surface area contributed by atoms with E-state index in [-0.39, 0.29) is 33.6 Å². The van der Waals surface area contributed by atoms with Crippen LogP contribution in [-0.4, -0.2) is 37.1 Å². The van der Waals surface area contributed by atoms with Crippen LogP contribution in [0.5, 0.6) is 17.2 Å². The number of ether oxygens (including phenoxy) is 1. The maximum atomic E-state index is 12.3. The monoisotopic (exact) mass is 442 g/mol. The third-order valence-corrected chi connectivity index (χ3v) is 5.44. The molecule has 0 saturated heterocycles. The molecule has 9 nitrogen and oxygen atoms in total. The van der Waals surface area contributed by atoms with Gasteiger partial charge in [0.05, 0.1) is 5.02 Å². The second-order valence-electron chi connectivity index (χ2n) is 5.99. The van der Waals surface area contributed by atoms with Gasteiger partial charge in [-0.05, 0) is 43.2 Å². The van der Waals surface area contributed by atoms with E-state index in [9.17, 15) is 23.1 Å². The van der Waals surface area contributed by atoms with Gasteiger partial charge in [-0.2, -0.15) is 0 Å². The zero-order chi connectivity index (χ0) is 21.8. The van der Waals surface area contributed by atoms with Gasteiger partial charge in [-0.1, -0.05) is 18.5 Å². The largest absolute Gasteiger partial charge is 0.507 e. The molecule has 0 aliphatic carbocycles. The number of carboxylic acid groups (broad SMARTS) is 1. The minimum atomic E-state index is -3.93. The van der Waals surface area contributed by atoms with Crippen molar-refractivity contribution >= 4 is 39.2 Å². The molecule has 0 fully saturated rings. The molecule has 0 radical (unpaired) electrons. The van der Waals surface area contributed by atoms with Gasteiger partial charge in [0.2, 0.25) is 10.0 Å². The maximum Gasteiger partial charge on any atom is 0.394 e. The van der Waals surface area contributed by atoms with Gasteiger partial charge in [-0.25, -0.2) is 17.9 Å². The Kier molecular flexibility index (Phi) is 7.07. The lowest BCUT2D eigenvalue weighted by atomic mass is 10.2. The lowest BCUT2D eigenvalue weighted by molar-refractivity contribution is -0.147. The number of halogens is 1. The number of phenols is 1. The van der Waals surface area contributed by atoms with Gasteiger partial charge in [0.25, 0.3) is 0 Å². The Balaban J connectivity index is 2.34. The van der Waals surface area contributed by atoms with Crippen LogP contribution in [0, 0.1) is 6.92 Å². The molecule has 156 valence electrons. The summed E-state index contributed by atoms with van der Waals surface area (Å²) in [7, 11) is -3.93. The predicted molar refractivity (Wildman–Crippen MR) is 106 cm³/mol. The van der Waals surface area contributed by atoms with E-state index in [0.29, 0.717) is 12.0 Å². The Morgan fingerprint density at radius 2 is 1.90 bits per heavy atom. The van der Waals surface area contributed by atoms with Gasteiger partial charge in [0.1, 0.15) is 22.1 Å². The highest BCUT2D eigenvalue weighted by molar-refractivity contribution is 7.89. The number of rotatable bonds is 7. The van der Waals surface area contributed by atoms with Crippen LogP contribution < -0.4 is 14.8 Å². The lowest BCUT2D eigenvalue weighted by Gasteiger charge is -2.14. The normalized spacial score (nSPS) is 11.1. The van der Waals surface area contributed by atoms with Crippen LogP contribution in [-0.2, 0) is 19.6 Å². The number of hydrogen-bond donors (Lipinski definition) is 4. The smallest absolute Gasteiger partial charge is 0.394 e. The van der Waals surface area contributed by atoms with Crippen LogP contribution >= 0.6 is 11.6 Å². The van der Waals surface area contributed by atoms with Gasteiger partial charge in [-0.3, -0.25) is 4.79 Å². The molecule has 0 bridgehead atoms. The van der Waals surface area contributed by atoms with Crippen molar-refractivity contribution in [3.8, 4) is 17.2 Å². The van der Waals surface area contributed by atoms with Crippen molar-refractivity contribution in [2.45, 2.75) is 25.2 Å². The molecule has 0 aromatic heterocycles. The Labute approximate surface area is 172 Å². The van der Waals surface area contributed by atoms with Crippen molar-refractivity contribution in [1.82, 2.24) is 4.72 Å². The molecule has 2 aromatic rings. The number of anilines is 1. The molecule has 2 aromatic carbocycles. The zero-order valence-corrected chi connectivity index (χ0v) is 17.1. The SMILES string of the molecule is CCCNS(=O)(=O)c1cc(Oc2c(C)cc(NC(=O)C(=O)O)cc2Cl)ccc1O. The topological polar surface area (TPSA) is 142 Å².